The number of nitrogens with zero attached hydrogens (tertiary/aromatic N) is 2. The standard InChI is InChI=1S/C18H14N4O4S/c23-15(17(25)26)8-11-4-6-13(7-5-11)20-16(24)12-2-1-3-14(9-12)22-10-19-21-18(22)27/h1-7,9-10H,8H2,(H,20,24)(H,21,27)(H,25,26). The van der Waals surface area contributed by atoms with Crippen LogP contribution in [0, 0.1) is 4.77 Å². The highest BCUT2D eigenvalue weighted by Gasteiger charge is 2.12. The maximum atomic E-state index is 12.5. The molecule has 0 saturated heterocycles. The van der Waals surface area contributed by atoms with Crippen LogP contribution in [0.15, 0.2) is 54.9 Å². The molecular formula is C18H14N4O4S. The van der Waals surface area contributed by atoms with Gasteiger partial charge in [0.15, 0.2) is 4.77 Å². The number of hydrogen-bond donors (Lipinski definition) is 3. The fourth-order valence-electron chi connectivity index (χ4n) is 2.40. The number of H-pyrrole nitrogens is 1. The van der Waals surface area contributed by atoms with Crippen LogP contribution in [0.2, 0.25) is 0 Å². The van der Waals surface area contributed by atoms with E-state index in [4.69, 9.17) is 17.3 Å². The van der Waals surface area contributed by atoms with Crippen molar-refractivity contribution in [1.29, 1.82) is 0 Å². The van der Waals surface area contributed by atoms with Crippen molar-refractivity contribution in [2.24, 2.45) is 0 Å². The van der Waals surface area contributed by atoms with Gasteiger partial charge in [-0.25, -0.2) is 4.79 Å². The molecule has 0 aliphatic carbocycles. The normalized spacial score (nSPS) is 10.4. The van der Waals surface area contributed by atoms with Gasteiger partial charge < -0.3 is 10.4 Å². The molecular weight excluding hydrogens is 368 g/mol. The zero-order valence-corrected chi connectivity index (χ0v) is 14.7. The quantitative estimate of drug-likeness (QED) is 0.445. The molecule has 3 rings (SSSR count). The van der Waals surface area contributed by atoms with Gasteiger partial charge in [-0.1, -0.05) is 18.2 Å². The monoisotopic (exact) mass is 382 g/mol. The van der Waals surface area contributed by atoms with E-state index < -0.39 is 11.8 Å². The Morgan fingerprint density at radius 1 is 1.15 bits per heavy atom. The first-order valence-corrected chi connectivity index (χ1v) is 8.24. The molecule has 2 aromatic carbocycles. The van der Waals surface area contributed by atoms with Crippen molar-refractivity contribution in [3.05, 3.63) is 70.8 Å². The third-order valence-electron chi connectivity index (χ3n) is 3.75. The van der Waals surface area contributed by atoms with Crippen LogP contribution in [0.25, 0.3) is 5.69 Å². The molecule has 0 aliphatic heterocycles. The second-order valence-electron chi connectivity index (χ2n) is 5.64. The van der Waals surface area contributed by atoms with Gasteiger partial charge in [-0.2, -0.15) is 5.10 Å². The van der Waals surface area contributed by atoms with E-state index in [2.05, 4.69) is 15.5 Å². The average molecular weight is 382 g/mol. The van der Waals surface area contributed by atoms with Crippen molar-refractivity contribution in [2.45, 2.75) is 6.42 Å². The number of nitrogens with one attached hydrogen (secondary N) is 2. The zero-order valence-electron chi connectivity index (χ0n) is 13.9. The number of amides is 1. The molecule has 0 spiro atoms. The Balaban J connectivity index is 1.72. The summed E-state index contributed by atoms with van der Waals surface area (Å²) in [7, 11) is 0. The predicted octanol–water partition coefficient (Wildman–Crippen LogP) is 2.38. The van der Waals surface area contributed by atoms with Gasteiger partial charge in [0.05, 0.1) is 5.69 Å². The van der Waals surface area contributed by atoms with E-state index in [1.165, 1.54) is 6.33 Å². The number of carbonyl (C=O) groups excluding carboxylic acids is 2. The number of ketones is 1. The molecule has 3 N–H and O–H groups in total. The Kier molecular flexibility index (Phi) is 5.23. The third kappa shape index (κ3) is 4.33. The fourth-order valence-corrected chi connectivity index (χ4v) is 2.60. The van der Waals surface area contributed by atoms with Gasteiger partial charge in [0, 0.05) is 17.7 Å². The number of aliphatic carboxylic acids is 1. The molecule has 1 heterocycles. The van der Waals surface area contributed by atoms with Gasteiger partial charge in [-0.05, 0) is 48.1 Å². The number of rotatable bonds is 6. The fraction of sp³-hybridized carbons (Fsp3) is 0.0556. The summed E-state index contributed by atoms with van der Waals surface area (Å²) in [5, 5.41) is 17.9. The minimum Gasteiger partial charge on any atom is -0.475 e. The molecule has 8 nitrogen and oxygen atoms in total. The van der Waals surface area contributed by atoms with Crippen molar-refractivity contribution in [3.8, 4) is 5.69 Å². The molecule has 0 saturated carbocycles. The second-order valence-corrected chi connectivity index (χ2v) is 6.02. The number of anilines is 1. The lowest BCUT2D eigenvalue weighted by molar-refractivity contribution is -0.148. The number of aromatic amines is 1. The van der Waals surface area contributed by atoms with Crippen LogP contribution in [-0.2, 0) is 16.0 Å². The van der Waals surface area contributed by atoms with Crippen LogP contribution in [0.3, 0.4) is 0 Å². The maximum absolute atomic E-state index is 12.5. The second kappa shape index (κ2) is 7.75. The first kappa shape index (κ1) is 18.2. The maximum Gasteiger partial charge on any atom is 0.372 e. The highest BCUT2D eigenvalue weighted by atomic mass is 32.1. The van der Waals surface area contributed by atoms with Crippen LogP contribution in [0.4, 0.5) is 5.69 Å². The zero-order chi connectivity index (χ0) is 19.4. The number of aromatic nitrogens is 3. The van der Waals surface area contributed by atoms with Crippen LogP contribution in [-0.4, -0.2) is 37.5 Å². The summed E-state index contributed by atoms with van der Waals surface area (Å²) in [6, 6.07) is 13.3. The highest BCUT2D eigenvalue weighted by molar-refractivity contribution is 7.71. The topological polar surface area (TPSA) is 117 Å². The molecule has 1 amide bonds. The van der Waals surface area contributed by atoms with Crippen molar-refractivity contribution in [2.75, 3.05) is 5.32 Å². The Hall–Kier alpha value is -3.59. The SMILES string of the molecule is O=C(O)C(=O)Cc1ccc(NC(=O)c2cccc(-n3cn[nH]c3=S)c2)cc1. The predicted molar refractivity (Wildman–Crippen MR) is 99.5 cm³/mol. The molecule has 0 atom stereocenters. The summed E-state index contributed by atoms with van der Waals surface area (Å²) in [5.41, 5.74) is 2.21. The third-order valence-corrected chi connectivity index (χ3v) is 4.04. The molecule has 9 heteroatoms. The van der Waals surface area contributed by atoms with Crippen LogP contribution in [0.1, 0.15) is 15.9 Å². The summed E-state index contributed by atoms with van der Waals surface area (Å²) in [5.74, 6) is -2.67. The summed E-state index contributed by atoms with van der Waals surface area (Å²) < 4.78 is 2.06. The van der Waals surface area contributed by atoms with Gasteiger partial charge in [0.2, 0.25) is 5.78 Å². The Morgan fingerprint density at radius 2 is 1.89 bits per heavy atom. The highest BCUT2D eigenvalue weighted by Crippen LogP contribution is 2.15. The van der Waals surface area contributed by atoms with E-state index in [1.807, 2.05) is 0 Å². The van der Waals surface area contributed by atoms with Gasteiger partial charge in [0.1, 0.15) is 6.33 Å². The number of carboxylic acid groups (broad SMARTS) is 1. The number of carbonyl (C=O) groups is 3. The summed E-state index contributed by atoms with van der Waals surface area (Å²) in [6.45, 7) is 0. The lowest BCUT2D eigenvalue weighted by Gasteiger charge is -2.08. The Bertz CT molecular complexity index is 1070. The largest absolute Gasteiger partial charge is 0.475 e. The van der Waals surface area contributed by atoms with Crippen LogP contribution in [0.5, 0.6) is 0 Å². The summed E-state index contributed by atoms with van der Waals surface area (Å²) in [6.07, 6.45) is 1.33. The molecule has 3 aromatic rings. The molecule has 0 unspecified atom stereocenters. The lowest BCUT2D eigenvalue weighted by Crippen LogP contribution is -2.15. The molecule has 1 aromatic heterocycles. The molecule has 0 radical (unpaired) electrons. The van der Waals surface area contributed by atoms with Gasteiger partial charge >= 0.3 is 5.97 Å². The molecule has 0 aliphatic rings. The minimum absolute atomic E-state index is 0.197. The van der Waals surface area contributed by atoms with Crippen molar-refractivity contribution >= 4 is 35.6 Å². The number of carboxylic acids is 1. The van der Waals surface area contributed by atoms with Crippen molar-refractivity contribution in [3.63, 3.8) is 0 Å². The van der Waals surface area contributed by atoms with E-state index in [0.29, 0.717) is 27.3 Å². The molecule has 27 heavy (non-hydrogen) atoms. The lowest BCUT2D eigenvalue weighted by atomic mass is 10.1. The van der Waals surface area contributed by atoms with Crippen LogP contribution >= 0.6 is 12.2 Å². The number of benzene rings is 2. The minimum atomic E-state index is -1.47. The molecule has 136 valence electrons. The molecule has 0 fully saturated rings. The molecule has 0 bridgehead atoms. The Labute approximate surface area is 158 Å². The van der Waals surface area contributed by atoms with Crippen LogP contribution < -0.4 is 5.32 Å². The average Bonchev–Trinajstić information content (AvgIpc) is 3.09. The number of Topliss-reactive ketones (excluding diaryl/α,β-unsaturated/α-hetero) is 1. The summed E-state index contributed by atoms with van der Waals surface area (Å²) in [4.78, 5) is 34.3. The van der Waals surface area contributed by atoms with E-state index in [1.54, 1.807) is 53.1 Å². The Morgan fingerprint density at radius 3 is 2.52 bits per heavy atom. The van der Waals surface area contributed by atoms with Gasteiger partial charge in [0.25, 0.3) is 5.91 Å². The van der Waals surface area contributed by atoms with E-state index >= 15 is 0 Å². The van der Waals surface area contributed by atoms with Gasteiger partial charge in [-0.15, -0.1) is 0 Å². The van der Waals surface area contributed by atoms with E-state index in [-0.39, 0.29) is 12.3 Å². The van der Waals surface area contributed by atoms with E-state index in [9.17, 15) is 14.4 Å². The van der Waals surface area contributed by atoms with Crippen molar-refractivity contribution in [1.82, 2.24) is 14.8 Å². The van der Waals surface area contributed by atoms with E-state index in [0.717, 1.165) is 0 Å². The first-order chi connectivity index (χ1) is 12.9. The smallest absolute Gasteiger partial charge is 0.372 e. The van der Waals surface area contributed by atoms with Crippen molar-refractivity contribution < 1.29 is 19.5 Å². The summed E-state index contributed by atoms with van der Waals surface area (Å²) >= 11 is 5.12. The first-order valence-electron chi connectivity index (χ1n) is 7.83. The number of hydrogen-bond acceptors (Lipinski definition) is 5. The van der Waals surface area contributed by atoms with Gasteiger partial charge in [-0.3, -0.25) is 19.3 Å².